The highest BCUT2D eigenvalue weighted by molar-refractivity contribution is 5.98. The first-order valence-electron chi connectivity index (χ1n) is 9.21. The van der Waals surface area contributed by atoms with Gasteiger partial charge in [0.2, 0.25) is 11.2 Å². The number of phenols is 1. The Morgan fingerprint density at radius 3 is 2.28 bits per heavy atom. The molecule has 3 aromatic carbocycles. The van der Waals surface area contributed by atoms with Gasteiger partial charge in [0.25, 0.3) is 0 Å². The first-order valence-corrected chi connectivity index (χ1v) is 9.21. The molecule has 0 aliphatic rings. The van der Waals surface area contributed by atoms with Gasteiger partial charge in [0.1, 0.15) is 11.3 Å². The lowest BCUT2D eigenvalue weighted by Crippen LogP contribution is -2.15. The minimum atomic E-state index is -0.725. The molecule has 0 amide bonds. The Morgan fingerprint density at radius 1 is 0.931 bits per heavy atom. The molecule has 0 spiro atoms. The van der Waals surface area contributed by atoms with Crippen molar-refractivity contribution in [1.29, 1.82) is 0 Å². The third-order valence-electron chi connectivity index (χ3n) is 4.62. The lowest BCUT2D eigenvalue weighted by Gasteiger charge is -2.10. The molecule has 0 saturated carbocycles. The summed E-state index contributed by atoms with van der Waals surface area (Å²) in [5, 5.41) is 9.98. The van der Waals surface area contributed by atoms with E-state index in [2.05, 4.69) is 0 Å². The first kappa shape index (κ1) is 18.5. The maximum Gasteiger partial charge on any atom is 0.375 e. The number of benzene rings is 3. The van der Waals surface area contributed by atoms with Gasteiger partial charge in [0.05, 0.1) is 17.6 Å². The maximum atomic E-state index is 13.2. The average Bonchev–Trinajstić information content (AvgIpc) is 2.74. The summed E-state index contributed by atoms with van der Waals surface area (Å²) in [5.74, 6) is -0.963. The highest BCUT2D eigenvalue weighted by Gasteiger charge is 2.23. The van der Waals surface area contributed by atoms with Crippen LogP contribution in [-0.4, -0.2) is 17.7 Å². The summed E-state index contributed by atoms with van der Waals surface area (Å²) in [6, 6.07) is 21.4. The highest BCUT2D eigenvalue weighted by atomic mass is 16.5. The van der Waals surface area contributed by atoms with Crippen molar-refractivity contribution in [3.8, 4) is 28.0 Å². The number of carbonyl (C=O) groups excluding carboxylic acids is 1. The zero-order valence-electron chi connectivity index (χ0n) is 15.7. The van der Waals surface area contributed by atoms with Crippen molar-refractivity contribution in [3.63, 3.8) is 0 Å². The van der Waals surface area contributed by atoms with Gasteiger partial charge in [-0.25, -0.2) is 4.79 Å². The molecule has 1 heterocycles. The van der Waals surface area contributed by atoms with Gasteiger partial charge in [-0.05, 0) is 35.7 Å². The van der Waals surface area contributed by atoms with Crippen LogP contribution in [0, 0.1) is 0 Å². The Hall–Kier alpha value is -3.86. The second-order valence-electron chi connectivity index (χ2n) is 6.48. The molecule has 0 aliphatic heterocycles. The van der Waals surface area contributed by atoms with Gasteiger partial charge in [-0.1, -0.05) is 54.6 Å². The summed E-state index contributed by atoms with van der Waals surface area (Å²) < 4.78 is 10.8. The van der Waals surface area contributed by atoms with Crippen molar-refractivity contribution in [3.05, 3.63) is 88.8 Å². The van der Waals surface area contributed by atoms with Gasteiger partial charge >= 0.3 is 5.97 Å². The smallest absolute Gasteiger partial charge is 0.375 e. The second-order valence-corrected chi connectivity index (χ2v) is 6.48. The van der Waals surface area contributed by atoms with Crippen molar-refractivity contribution < 1.29 is 19.1 Å². The van der Waals surface area contributed by atoms with E-state index in [1.54, 1.807) is 19.1 Å². The molecular weight excluding hydrogens is 368 g/mol. The Kier molecular flexibility index (Phi) is 4.87. The van der Waals surface area contributed by atoms with Crippen LogP contribution >= 0.6 is 0 Å². The number of esters is 1. The topological polar surface area (TPSA) is 76.7 Å². The Balaban J connectivity index is 1.90. The van der Waals surface area contributed by atoms with Gasteiger partial charge in [-0.15, -0.1) is 0 Å². The highest BCUT2D eigenvalue weighted by Crippen LogP contribution is 2.29. The van der Waals surface area contributed by atoms with Crippen LogP contribution in [0.15, 0.2) is 82.0 Å². The van der Waals surface area contributed by atoms with Gasteiger partial charge in [0.15, 0.2) is 0 Å². The second kappa shape index (κ2) is 7.64. The number of hydrogen-bond acceptors (Lipinski definition) is 5. The summed E-state index contributed by atoms with van der Waals surface area (Å²) in [6.07, 6.45) is 0. The van der Waals surface area contributed by atoms with Crippen LogP contribution in [-0.2, 0) is 4.74 Å². The third-order valence-corrected chi connectivity index (χ3v) is 4.62. The third kappa shape index (κ3) is 3.50. The van der Waals surface area contributed by atoms with E-state index in [1.807, 2.05) is 42.5 Å². The molecule has 0 atom stereocenters. The number of aromatic hydroxyl groups is 1. The molecule has 0 aliphatic carbocycles. The first-order chi connectivity index (χ1) is 14.1. The van der Waals surface area contributed by atoms with Crippen LogP contribution in [0.5, 0.6) is 5.75 Å². The monoisotopic (exact) mass is 386 g/mol. The quantitative estimate of drug-likeness (QED) is 0.499. The van der Waals surface area contributed by atoms with Gasteiger partial charge in [-0.2, -0.15) is 0 Å². The number of fused-ring (bicyclic) bond motifs is 1. The molecule has 0 fully saturated rings. The molecule has 0 bridgehead atoms. The van der Waals surface area contributed by atoms with E-state index >= 15 is 0 Å². The van der Waals surface area contributed by atoms with Crippen molar-refractivity contribution in [2.24, 2.45) is 0 Å². The summed E-state index contributed by atoms with van der Waals surface area (Å²) in [7, 11) is 0. The molecule has 5 heteroatoms. The van der Waals surface area contributed by atoms with Gasteiger partial charge < -0.3 is 14.3 Å². The van der Waals surface area contributed by atoms with Crippen LogP contribution in [0.2, 0.25) is 0 Å². The normalized spacial score (nSPS) is 10.8. The van der Waals surface area contributed by atoms with Crippen LogP contribution < -0.4 is 5.43 Å². The molecule has 4 rings (SSSR count). The molecule has 0 saturated heterocycles. The molecule has 1 N–H and O–H groups in total. The van der Waals surface area contributed by atoms with E-state index in [0.717, 1.165) is 11.1 Å². The van der Waals surface area contributed by atoms with E-state index in [9.17, 15) is 14.7 Å². The number of ether oxygens (including phenoxy) is 1. The summed E-state index contributed by atoms with van der Waals surface area (Å²) in [6.45, 7) is 1.82. The summed E-state index contributed by atoms with van der Waals surface area (Å²) in [4.78, 5) is 25.7. The molecule has 0 unspecified atom stereocenters. The summed E-state index contributed by atoms with van der Waals surface area (Å²) >= 11 is 0. The maximum absolute atomic E-state index is 13.2. The fourth-order valence-corrected chi connectivity index (χ4v) is 3.24. The lowest BCUT2D eigenvalue weighted by molar-refractivity contribution is 0.0492. The van der Waals surface area contributed by atoms with E-state index in [0.29, 0.717) is 5.56 Å². The van der Waals surface area contributed by atoms with Crippen LogP contribution in [0.3, 0.4) is 0 Å². The van der Waals surface area contributed by atoms with Crippen molar-refractivity contribution in [1.82, 2.24) is 0 Å². The van der Waals surface area contributed by atoms with Crippen molar-refractivity contribution in [2.75, 3.05) is 6.61 Å². The Morgan fingerprint density at radius 2 is 1.59 bits per heavy atom. The largest absolute Gasteiger partial charge is 0.508 e. The average molecular weight is 386 g/mol. The van der Waals surface area contributed by atoms with Gasteiger partial charge in [-0.3, -0.25) is 4.79 Å². The predicted octanol–water partition coefficient (Wildman–Crippen LogP) is 5.01. The van der Waals surface area contributed by atoms with E-state index in [1.165, 1.54) is 18.2 Å². The zero-order chi connectivity index (χ0) is 20.4. The molecule has 4 aromatic rings. The standard InChI is InChI=1S/C24H18O5/c1-2-28-24(27)23-21(22(26)19-13-12-18(25)14-20(19)29-23)17-10-8-16(9-11-17)15-6-4-3-5-7-15/h3-14,25H,2H2,1H3. The van der Waals surface area contributed by atoms with Crippen LogP contribution in [0.25, 0.3) is 33.2 Å². The molecular formula is C24H18O5. The number of phenolic OH excluding ortho intramolecular Hbond substituents is 1. The fourth-order valence-electron chi connectivity index (χ4n) is 3.24. The van der Waals surface area contributed by atoms with E-state index in [-0.39, 0.29) is 40.1 Å². The summed E-state index contributed by atoms with van der Waals surface area (Å²) in [5.41, 5.74) is 2.50. The SMILES string of the molecule is CCOC(=O)c1oc2cc(O)ccc2c(=O)c1-c1ccc(-c2ccccc2)cc1. The minimum absolute atomic E-state index is 0.0598. The fraction of sp³-hybridized carbons (Fsp3) is 0.0833. The molecule has 144 valence electrons. The van der Waals surface area contributed by atoms with Crippen molar-refractivity contribution >= 4 is 16.9 Å². The zero-order valence-corrected chi connectivity index (χ0v) is 15.7. The molecule has 29 heavy (non-hydrogen) atoms. The lowest BCUT2D eigenvalue weighted by atomic mass is 9.98. The molecule has 5 nitrogen and oxygen atoms in total. The number of carbonyl (C=O) groups is 1. The van der Waals surface area contributed by atoms with E-state index < -0.39 is 5.97 Å². The molecule has 1 aromatic heterocycles. The van der Waals surface area contributed by atoms with E-state index in [4.69, 9.17) is 9.15 Å². The number of rotatable bonds is 4. The van der Waals surface area contributed by atoms with Crippen LogP contribution in [0.1, 0.15) is 17.5 Å². The Bertz CT molecular complexity index is 1240. The van der Waals surface area contributed by atoms with Crippen molar-refractivity contribution in [2.45, 2.75) is 6.92 Å². The minimum Gasteiger partial charge on any atom is -0.508 e. The van der Waals surface area contributed by atoms with Crippen LogP contribution in [0.4, 0.5) is 0 Å². The van der Waals surface area contributed by atoms with Gasteiger partial charge in [0, 0.05) is 6.07 Å². The predicted molar refractivity (Wildman–Crippen MR) is 111 cm³/mol. The molecule has 0 radical (unpaired) electrons. The Labute approximate surface area is 166 Å². The number of hydrogen-bond donors (Lipinski definition) is 1.